The Morgan fingerprint density at radius 1 is 1.05 bits per heavy atom. The van der Waals surface area contributed by atoms with Crippen LogP contribution < -0.4 is 11.0 Å². The molecule has 0 saturated heterocycles. The summed E-state index contributed by atoms with van der Waals surface area (Å²) >= 11 is 0. The zero-order valence-electron chi connectivity index (χ0n) is 23.9. The van der Waals surface area contributed by atoms with Crippen LogP contribution in [0.1, 0.15) is 85.5 Å². The second-order valence-corrected chi connectivity index (χ2v) is 11.3. The number of nitrogens with one attached hydrogen (secondary N) is 1. The lowest BCUT2D eigenvalue weighted by Crippen LogP contribution is -2.29. The fraction of sp³-hybridized carbons (Fsp3) is 0.581. The average Bonchev–Trinajstić information content (AvgIpc) is 3.27. The van der Waals surface area contributed by atoms with E-state index in [1.165, 1.54) is 61.6 Å². The number of anilines is 1. The van der Waals surface area contributed by atoms with Gasteiger partial charge in [-0.15, -0.1) is 0 Å². The molecule has 1 aliphatic rings. The van der Waals surface area contributed by atoms with Crippen molar-refractivity contribution in [3.8, 4) is 17.1 Å². The monoisotopic (exact) mass is 537 g/mol. The van der Waals surface area contributed by atoms with Gasteiger partial charge < -0.3 is 10.1 Å². The summed E-state index contributed by atoms with van der Waals surface area (Å²) in [5.74, 6) is 1.79. The maximum absolute atomic E-state index is 13.6. The summed E-state index contributed by atoms with van der Waals surface area (Å²) < 4.78 is 22.4. The summed E-state index contributed by atoms with van der Waals surface area (Å²) in [4.78, 5) is 22.6. The molecular weight excluding hydrogens is 493 g/mol. The van der Waals surface area contributed by atoms with Crippen LogP contribution >= 0.6 is 0 Å². The first kappa shape index (κ1) is 29.0. The van der Waals surface area contributed by atoms with E-state index >= 15 is 0 Å². The fourth-order valence-electron chi connectivity index (χ4n) is 5.55. The Hall–Kier alpha value is -3.00. The number of imidazole rings is 1. The zero-order chi connectivity index (χ0) is 27.8. The lowest BCUT2D eigenvalue weighted by Gasteiger charge is -2.32. The van der Waals surface area contributed by atoms with Crippen LogP contribution in [0.15, 0.2) is 47.5 Å². The summed E-state index contributed by atoms with van der Waals surface area (Å²) in [6.07, 6.45) is 14.8. The predicted octanol–water partition coefficient (Wildman–Crippen LogP) is 7.19. The van der Waals surface area contributed by atoms with Crippen molar-refractivity contribution >= 4 is 5.95 Å². The van der Waals surface area contributed by atoms with Gasteiger partial charge in [0.1, 0.15) is 12.5 Å². The Balaban J connectivity index is 1.47. The lowest BCUT2D eigenvalue weighted by molar-refractivity contribution is 0.0268. The van der Waals surface area contributed by atoms with Gasteiger partial charge in [-0.2, -0.15) is 0 Å². The molecule has 0 radical (unpaired) electrons. The molecule has 2 aromatic heterocycles. The molecule has 1 N–H and O–H groups in total. The van der Waals surface area contributed by atoms with E-state index in [4.69, 9.17) is 9.72 Å². The first-order valence-electron chi connectivity index (χ1n) is 14.6. The van der Waals surface area contributed by atoms with Crippen LogP contribution in [0.3, 0.4) is 0 Å². The second-order valence-electron chi connectivity index (χ2n) is 11.3. The molecule has 1 atom stereocenters. The van der Waals surface area contributed by atoms with Gasteiger partial charge in [-0.1, -0.05) is 46.0 Å². The molecule has 1 aromatic carbocycles. The number of benzene rings is 1. The summed E-state index contributed by atoms with van der Waals surface area (Å²) in [5, 5.41) is 3.55. The topological polar surface area (TPSA) is 74.0 Å². The number of ether oxygens (including phenoxy) is 1. The number of rotatable bonds is 13. The van der Waals surface area contributed by atoms with Gasteiger partial charge in [-0.3, -0.25) is 9.13 Å². The highest BCUT2D eigenvalue weighted by Gasteiger charge is 2.25. The molecule has 0 aliphatic heterocycles. The minimum atomic E-state index is -0.356. The molecule has 3 aromatic rings. The summed E-state index contributed by atoms with van der Waals surface area (Å²) in [6.45, 7) is 8.66. The van der Waals surface area contributed by atoms with Crippen molar-refractivity contribution < 1.29 is 9.13 Å². The van der Waals surface area contributed by atoms with Crippen LogP contribution in [0.5, 0.6) is 0 Å². The van der Waals surface area contributed by atoms with E-state index in [9.17, 15) is 9.18 Å². The summed E-state index contributed by atoms with van der Waals surface area (Å²) in [7, 11) is 0. The molecule has 1 saturated carbocycles. The second kappa shape index (κ2) is 13.9. The molecule has 2 heterocycles. The highest BCUT2D eigenvalue weighted by atomic mass is 19.1. The molecule has 0 bridgehead atoms. The number of halogens is 1. The van der Waals surface area contributed by atoms with E-state index in [0.29, 0.717) is 29.1 Å². The van der Waals surface area contributed by atoms with E-state index in [2.05, 4.69) is 24.1 Å². The third-order valence-electron chi connectivity index (χ3n) is 7.93. The highest BCUT2D eigenvalue weighted by Crippen LogP contribution is 2.34. The van der Waals surface area contributed by atoms with Gasteiger partial charge in [0.05, 0.1) is 23.2 Å². The smallest absolute Gasteiger partial charge is 0.335 e. The van der Waals surface area contributed by atoms with Crippen LogP contribution in [0.4, 0.5) is 10.3 Å². The Morgan fingerprint density at radius 2 is 1.79 bits per heavy atom. The molecule has 1 fully saturated rings. The predicted molar refractivity (Wildman–Crippen MR) is 155 cm³/mol. The maximum atomic E-state index is 13.6. The lowest BCUT2D eigenvalue weighted by atomic mass is 9.77. The Morgan fingerprint density at radius 3 is 2.49 bits per heavy atom. The summed E-state index contributed by atoms with van der Waals surface area (Å²) in [5.41, 5.74) is 1.51. The SMILES string of the molecule is CCCCCCC(C)[C@H]1CC[C@H](Nc2nccc(-c3cn(COC(C)C)c(=O)n3-c3ccc(F)cc3)n2)CC1. The number of hydrogen-bond acceptors (Lipinski definition) is 5. The average molecular weight is 538 g/mol. The van der Waals surface area contributed by atoms with Crippen molar-refractivity contribution in [2.45, 2.75) is 104 Å². The van der Waals surface area contributed by atoms with Crippen molar-refractivity contribution in [3.05, 3.63) is 59.0 Å². The number of aromatic nitrogens is 4. The van der Waals surface area contributed by atoms with Gasteiger partial charge in [0, 0.05) is 18.4 Å². The largest absolute Gasteiger partial charge is 0.358 e. The molecule has 1 unspecified atom stereocenters. The van der Waals surface area contributed by atoms with E-state index in [1.54, 1.807) is 35.2 Å². The number of unbranched alkanes of at least 4 members (excludes halogenated alkanes) is 3. The van der Waals surface area contributed by atoms with Gasteiger partial charge in [0.25, 0.3) is 0 Å². The quantitative estimate of drug-likeness (QED) is 0.234. The van der Waals surface area contributed by atoms with Gasteiger partial charge in [0.15, 0.2) is 0 Å². The Labute approximate surface area is 231 Å². The molecule has 7 nitrogen and oxygen atoms in total. The summed E-state index contributed by atoms with van der Waals surface area (Å²) in [6, 6.07) is 8.03. The Bertz CT molecular complexity index is 1230. The standard InChI is InChI=1S/C31H44FN5O2/c1-5-6-7-8-9-23(4)24-10-14-26(15-11-24)34-30-33-19-18-28(35-30)29-20-36(21-39-22(2)3)31(38)37(29)27-16-12-25(32)13-17-27/h12-13,16-20,22-24,26H,5-11,14-15,21H2,1-4H3,(H,33,34,35)/t23?,24-,26-. The molecule has 1 aliphatic carbocycles. The van der Waals surface area contributed by atoms with Crippen molar-refractivity contribution in [2.24, 2.45) is 11.8 Å². The van der Waals surface area contributed by atoms with Crippen molar-refractivity contribution in [1.82, 2.24) is 19.1 Å². The van der Waals surface area contributed by atoms with E-state index in [1.807, 2.05) is 13.8 Å². The van der Waals surface area contributed by atoms with Gasteiger partial charge >= 0.3 is 5.69 Å². The van der Waals surface area contributed by atoms with E-state index in [-0.39, 0.29) is 24.3 Å². The number of hydrogen-bond donors (Lipinski definition) is 1. The van der Waals surface area contributed by atoms with Crippen LogP contribution in [0, 0.1) is 17.7 Å². The molecule has 39 heavy (non-hydrogen) atoms. The van der Waals surface area contributed by atoms with Crippen molar-refractivity contribution in [3.63, 3.8) is 0 Å². The normalized spacial score (nSPS) is 18.4. The molecule has 212 valence electrons. The van der Waals surface area contributed by atoms with Crippen LogP contribution in [0.25, 0.3) is 17.1 Å². The minimum absolute atomic E-state index is 0.0245. The van der Waals surface area contributed by atoms with Gasteiger partial charge in [-0.25, -0.2) is 19.2 Å². The van der Waals surface area contributed by atoms with Crippen LogP contribution in [0.2, 0.25) is 0 Å². The molecule has 0 spiro atoms. The first-order chi connectivity index (χ1) is 18.9. The Kier molecular flexibility index (Phi) is 10.3. The molecular formula is C31H44FN5O2. The molecule has 8 heteroatoms. The van der Waals surface area contributed by atoms with Crippen molar-refractivity contribution in [2.75, 3.05) is 5.32 Å². The van der Waals surface area contributed by atoms with Crippen molar-refractivity contribution in [1.29, 1.82) is 0 Å². The third-order valence-corrected chi connectivity index (χ3v) is 7.93. The maximum Gasteiger partial charge on any atom is 0.335 e. The fourth-order valence-corrected chi connectivity index (χ4v) is 5.55. The van der Waals surface area contributed by atoms with E-state index in [0.717, 1.165) is 24.7 Å². The van der Waals surface area contributed by atoms with Gasteiger partial charge in [0.2, 0.25) is 5.95 Å². The third kappa shape index (κ3) is 7.78. The highest BCUT2D eigenvalue weighted by molar-refractivity contribution is 5.59. The van der Waals surface area contributed by atoms with Gasteiger partial charge in [-0.05, 0) is 81.7 Å². The molecule has 0 amide bonds. The minimum Gasteiger partial charge on any atom is -0.358 e. The number of nitrogens with zero attached hydrogens (tertiary/aromatic N) is 4. The van der Waals surface area contributed by atoms with Crippen LogP contribution in [-0.4, -0.2) is 31.2 Å². The first-order valence-corrected chi connectivity index (χ1v) is 14.6. The van der Waals surface area contributed by atoms with E-state index < -0.39 is 0 Å². The van der Waals surface area contributed by atoms with Crippen LogP contribution in [-0.2, 0) is 11.5 Å². The zero-order valence-corrected chi connectivity index (χ0v) is 23.9. The molecule has 4 rings (SSSR count).